The zero-order valence-electron chi connectivity index (χ0n) is 16.4. The number of aromatic nitrogens is 1. The van der Waals surface area contributed by atoms with E-state index in [0.717, 1.165) is 16.2 Å². The van der Waals surface area contributed by atoms with Crippen LogP contribution in [0.3, 0.4) is 0 Å². The largest absolute Gasteiger partial charge is 0.465 e. The fourth-order valence-electron chi connectivity index (χ4n) is 2.98. The molecule has 1 aromatic heterocycles. The van der Waals surface area contributed by atoms with Gasteiger partial charge in [0.1, 0.15) is 6.54 Å². The van der Waals surface area contributed by atoms with Gasteiger partial charge in [-0.25, -0.2) is 4.79 Å². The van der Waals surface area contributed by atoms with Gasteiger partial charge in [0.05, 0.1) is 25.4 Å². The summed E-state index contributed by atoms with van der Waals surface area (Å²) in [6.45, 7) is 5.69. The molecule has 2 rings (SSSR count). The monoisotopic (exact) mass is 372 g/mol. The van der Waals surface area contributed by atoms with Crippen molar-refractivity contribution in [3.05, 3.63) is 52.3 Å². The molecule has 0 saturated heterocycles. The Kier molecular flexibility index (Phi) is 6.52. The molecule has 1 amide bonds. The van der Waals surface area contributed by atoms with E-state index >= 15 is 0 Å². The van der Waals surface area contributed by atoms with Crippen molar-refractivity contribution in [3.63, 3.8) is 0 Å². The SMILES string of the molecule is COC(=O)c1c(C)[nH]c(C(=O)C[NH+](C)CC(=O)Nc2ccc(C)cc2)c1C. The van der Waals surface area contributed by atoms with Crippen molar-refractivity contribution in [2.24, 2.45) is 0 Å². The molecule has 0 aliphatic rings. The fraction of sp³-hybridized carbons (Fsp3) is 0.350. The Bertz CT molecular complexity index is 853. The zero-order chi connectivity index (χ0) is 20.1. The molecule has 1 atom stereocenters. The number of rotatable bonds is 7. The first-order chi connectivity index (χ1) is 12.7. The van der Waals surface area contributed by atoms with Crippen molar-refractivity contribution in [1.82, 2.24) is 4.98 Å². The second-order valence-electron chi connectivity index (χ2n) is 6.76. The second-order valence-corrected chi connectivity index (χ2v) is 6.76. The zero-order valence-corrected chi connectivity index (χ0v) is 16.4. The number of anilines is 1. The van der Waals surface area contributed by atoms with Gasteiger partial charge < -0.3 is 19.9 Å². The topological polar surface area (TPSA) is 92.7 Å². The maximum Gasteiger partial charge on any atom is 0.339 e. The summed E-state index contributed by atoms with van der Waals surface area (Å²) < 4.78 is 4.76. The highest BCUT2D eigenvalue weighted by Crippen LogP contribution is 2.19. The lowest BCUT2D eigenvalue weighted by atomic mass is 10.1. The molecular weight excluding hydrogens is 346 g/mol. The number of hydrogen-bond donors (Lipinski definition) is 3. The number of amides is 1. The minimum Gasteiger partial charge on any atom is -0.465 e. The number of methoxy groups -OCH3 is 1. The van der Waals surface area contributed by atoms with Crippen molar-refractivity contribution in [2.75, 3.05) is 32.6 Å². The van der Waals surface area contributed by atoms with E-state index in [1.807, 2.05) is 31.2 Å². The van der Waals surface area contributed by atoms with Crippen molar-refractivity contribution >= 4 is 23.3 Å². The number of aryl methyl sites for hydroxylation is 2. The summed E-state index contributed by atoms with van der Waals surface area (Å²) in [4.78, 5) is 40.3. The van der Waals surface area contributed by atoms with E-state index in [9.17, 15) is 14.4 Å². The van der Waals surface area contributed by atoms with Crippen LogP contribution in [0.2, 0.25) is 0 Å². The molecule has 0 bridgehead atoms. The highest BCUT2D eigenvalue weighted by molar-refractivity contribution is 6.02. The Labute approximate surface area is 158 Å². The summed E-state index contributed by atoms with van der Waals surface area (Å²) in [6, 6.07) is 7.52. The van der Waals surface area contributed by atoms with Crippen LogP contribution in [0.1, 0.15) is 37.7 Å². The summed E-state index contributed by atoms with van der Waals surface area (Å²) in [5, 5.41) is 2.82. The average molecular weight is 372 g/mol. The van der Waals surface area contributed by atoms with E-state index in [4.69, 9.17) is 4.74 Å². The Hall–Kier alpha value is -2.93. The number of ether oxygens (including phenoxy) is 1. The van der Waals surface area contributed by atoms with Crippen LogP contribution in [0.4, 0.5) is 5.69 Å². The summed E-state index contributed by atoms with van der Waals surface area (Å²) in [5.41, 5.74) is 3.77. The Morgan fingerprint density at radius 1 is 1.07 bits per heavy atom. The highest BCUT2D eigenvalue weighted by Gasteiger charge is 2.24. The van der Waals surface area contributed by atoms with Crippen LogP contribution in [0.25, 0.3) is 0 Å². The molecule has 0 spiro atoms. The third-order valence-electron chi connectivity index (χ3n) is 4.37. The number of aromatic amines is 1. The van der Waals surface area contributed by atoms with Gasteiger partial charge in [0.2, 0.25) is 5.78 Å². The van der Waals surface area contributed by atoms with Gasteiger partial charge in [-0.2, -0.15) is 0 Å². The van der Waals surface area contributed by atoms with Gasteiger partial charge in [0.25, 0.3) is 5.91 Å². The number of hydrogen-bond acceptors (Lipinski definition) is 4. The number of nitrogens with one attached hydrogen (secondary N) is 3. The molecule has 1 aromatic carbocycles. The number of carbonyl (C=O) groups is 3. The van der Waals surface area contributed by atoms with Crippen LogP contribution in [0.15, 0.2) is 24.3 Å². The summed E-state index contributed by atoms with van der Waals surface area (Å²) in [7, 11) is 3.08. The third-order valence-corrected chi connectivity index (χ3v) is 4.37. The Balaban J connectivity index is 1.98. The van der Waals surface area contributed by atoms with E-state index < -0.39 is 5.97 Å². The predicted octanol–water partition coefficient (Wildman–Crippen LogP) is 1.06. The number of carbonyl (C=O) groups excluding carboxylic acids is 3. The van der Waals surface area contributed by atoms with Crippen LogP contribution in [-0.2, 0) is 9.53 Å². The van der Waals surface area contributed by atoms with Gasteiger partial charge >= 0.3 is 5.97 Å². The molecule has 0 fully saturated rings. The van der Waals surface area contributed by atoms with E-state index in [-0.39, 0.29) is 24.8 Å². The molecule has 3 N–H and O–H groups in total. The number of ketones is 1. The van der Waals surface area contributed by atoms with Gasteiger partial charge in [-0.3, -0.25) is 9.59 Å². The summed E-state index contributed by atoms with van der Waals surface area (Å²) in [5.74, 6) is -0.802. The number of likely N-dealkylation sites (N-methyl/N-ethyl adjacent to an activating group) is 1. The van der Waals surface area contributed by atoms with E-state index in [0.29, 0.717) is 22.5 Å². The van der Waals surface area contributed by atoms with Crippen LogP contribution in [0.5, 0.6) is 0 Å². The third kappa shape index (κ3) is 5.04. The van der Waals surface area contributed by atoms with Crippen LogP contribution in [-0.4, -0.2) is 49.9 Å². The smallest absolute Gasteiger partial charge is 0.339 e. The quantitative estimate of drug-likeness (QED) is 0.501. The maximum atomic E-state index is 12.6. The lowest BCUT2D eigenvalue weighted by Gasteiger charge is -2.13. The van der Waals surface area contributed by atoms with Gasteiger partial charge in [-0.1, -0.05) is 17.7 Å². The predicted molar refractivity (Wildman–Crippen MR) is 102 cm³/mol. The number of quaternary nitrogens is 1. The summed E-state index contributed by atoms with van der Waals surface area (Å²) >= 11 is 0. The van der Waals surface area contributed by atoms with Gasteiger partial charge in [-0.15, -0.1) is 0 Å². The van der Waals surface area contributed by atoms with Crippen LogP contribution < -0.4 is 10.2 Å². The molecule has 7 heteroatoms. The molecule has 144 valence electrons. The molecule has 27 heavy (non-hydrogen) atoms. The van der Waals surface area contributed by atoms with Gasteiger partial charge in [-0.05, 0) is 38.5 Å². The molecule has 1 heterocycles. The van der Waals surface area contributed by atoms with Crippen molar-refractivity contribution < 1.29 is 24.0 Å². The second kappa shape index (κ2) is 8.64. The molecule has 0 aliphatic carbocycles. The fourth-order valence-corrected chi connectivity index (χ4v) is 2.98. The first kappa shape index (κ1) is 20.4. The van der Waals surface area contributed by atoms with E-state index in [1.165, 1.54) is 7.11 Å². The number of benzene rings is 1. The molecule has 0 aliphatic heterocycles. The minimum atomic E-state index is -0.474. The van der Waals surface area contributed by atoms with Crippen molar-refractivity contribution in [2.45, 2.75) is 20.8 Å². The molecule has 1 unspecified atom stereocenters. The van der Waals surface area contributed by atoms with Gasteiger partial charge in [0.15, 0.2) is 6.54 Å². The molecule has 7 nitrogen and oxygen atoms in total. The molecular formula is C20H26N3O4+. The normalized spacial score (nSPS) is 11.7. The lowest BCUT2D eigenvalue weighted by molar-refractivity contribution is -0.861. The number of H-pyrrole nitrogens is 1. The van der Waals surface area contributed by atoms with Crippen LogP contribution in [0, 0.1) is 20.8 Å². The molecule has 2 aromatic rings. The van der Waals surface area contributed by atoms with Crippen molar-refractivity contribution in [3.8, 4) is 0 Å². The summed E-state index contributed by atoms with van der Waals surface area (Å²) in [6.07, 6.45) is 0. The van der Waals surface area contributed by atoms with E-state index in [1.54, 1.807) is 20.9 Å². The standard InChI is InChI=1S/C20H25N3O4/c1-12-6-8-15(9-7-12)22-17(25)11-23(4)10-16(24)19-13(2)18(14(3)21-19)20(26)27-5/h6-9,21H,10-11H2,1-5H3,(H,22,25)/p+1. The maximum absolute atomic E-state index is 12.6. The van der Waals surface area contributed by atoms with E-state index in [2.05, 4.69) is 10.3 Å². The first-order valence-electron chi connectivity index (χ1n) is 8.71. The Morgan fingerprint density at radius 2 is 1.70 bits per heavy atom. The van der Waals surface area contributed by atoms with Crippen molar-refractivity contribution in [1.29, 1.82) is 0 Å². The average Bonchev–Trinajstić information content (AvgIpc) is 2.90. The lowest BCUT2D eigenvalue weighted by Crippen LogP contribution is -3.11. The number of esters is 1. The first-order valence-corrected chi connectivity index (χ1v) is 8.71. The number of Topliss-reactive ketones (excluding diaryl/α,β-unsaturated/α-hetero) is 1. The van der Waals surface area contributed by atoms with Gasteiger partial charge in [0, 0.05) is 11.4 Å². The highest BCUT2D eigenvalue weighted by atomic mass is 16.5. The Morgan fingerprint density at radius 3 is 2.30 bits per heavy atom. The molecule has 0 radical (unpaired) electrons. The van der Waals surface area contributed by atoms with Crippen LogP contribution >= 0.6 is 0 Å². The molecule has 0 saturated carbocycles. The minimum absolute atomic E-state index is 0.128.